The Hall–Kier alpha value is -4.64. The van der Waals surface area contributed by atoms with Crippen LogP contribution in [0.15, 0.2) is 87.8 Å². The van der Waals surface area contributed by atoms with Gasteiger partial charge in [-0.15, -0.1) is 10.2 Å². The minimum atomic E-state index is -0.476. The van der Waals surface area contributed by atoms with Crippen LogP contribution in [0.5, 0.6) is 0 Å². The molecule has 0 amide bonds. The smallest absolute Gasteiger partial charge is 0.277 e. The second-order valence-electron chi connectivity index (χ2n) is 12.3. The van der Waals surface area contributed by atoms with E-state index in [0.29, 0.717) is 41.8 Å². The molecular weight excluding hydrogens is 629 g/mol. The van der Waals surface area contributed by atoms with Crippen LogP contribution in [0.1, 0.15) is 65.3 Å². The minimum Gasteiger partial charge on any atom is -0.316 e. The maximum Gasteiger partial charge on any atom is 0.277 e. The molecule has 1 aliphatic carbocycles. The van der Waals surface area contributed by atoms with Crippen LogP contribution in [0.4, 0.5) is 8.78 Å². The van der Waals surface area contributed by atoms with Crippen molar-refractivity contribution in [3.8, 4) is 11.1 Å². The molecule has 2 aromatic heterocycles. The second-order valence-corrected chi connectivity index (χ2v) is 13.3. The zero-order valence-corrected chi connectivity index (χ0v) is 27.5. The van der Waals surface area contributed by atoms with Gasteiger partial charge in [-0.1, -0.05) is 72.4 Å². The van der Waals surface area contributed by atoms with E-state index in [1.807, 2.05) is 24.3 Å². The van der Waals surface area contributed by atoms with Gasteiger partial charge in [-0.25, -0.2) is 8.78 Å². The molecule has 48 heavy (non-hydrogen) atoms. The Kier molecular flexibility index (Phi) is 9.74. The van der Waals surface area contributed by atoms with Crippen molar-refractivity contribution in [2.75, 3.05) is 13.1 Å². The quantitative estimate of drug-likeness (QED) is 0.0877. The molecule has 246 valence electrons. The highest BCUT2D eigenvalue weighted by Gasteiger charge is 2.24. The molecule has 8 nitrogen and oxygen atoms in total. The lowest BCUT2D eigenvalue weighted by Gasteiger charge is -2.23. The summed E-state index contributed by atoms with van der Waals surface area (Å²) in [7, 11) is 0. The number of hydrogen-bond donors (Lipinski definition) is 0. The fraction of sp³-hybridized carbons (Fsp3) is 0.324. The largest absolute Gasteiger partial charge is 0.316 e. The Labute approximate surface area is 282 Å². The third-order valence-corrected chi connectivity index (χ3v) is 10.1. The molecule has 11 heteroatoms. The van der Waals surface area contributed by atoms with Gasteiger partial charge in [-0.3, -0.25) is 9.80 Å². The fourth-order valence-electron chi connectivity index (χ4n) is 6.36. The van der Waals surface area contributed by atoms with Gasteiger partial charge in [0, 0.05) is 30.1 Å². The molecule has 0 unspecified atom stereocenters. The molecule has 0 spiro atoms. The van der Waals surface area contributed by atoms with Crippen LogP contribution in [-0.2, 0) is 38.4 Å². The average molecular weight is 666 g/mol. The van der Waals surface area contributed by atoms with Crippen LogP contribution in [-0.4, -0.2) is 48.6 Å². The number of aromatic nitrogens is 5. The van der Waals surface area contributed by atoms with Crippen molar-refractivity contribution in [1.82, 2.24) is 29.3 Å². The molecule has 0 atom stereocenters. The van der Waals surface area contributed by atoms with E-state index in [1.165, 1.54) is 30.3 Å². The maximum atomic E-state index is 13.5. The topological polar surface area (TPSA) is 81.2 Å². The van der Waals surface area contributed by atoms with Crippen molar-refractivity contribution in [3.63, 3.8) is 0 Å². The predicted octanol–water partition coefficient (Wildman–Crippen LogP) is 6.81. The van der Waals surface area contributed by atoms with E-state index in [9.17, 15) is 13.6 Å². The summed E-state index contributed by atoms with van der Waals surface area (Å²) >= 11 is 1.47. The zero-order chi connectivity index (χ0) is 32.9. The number of nitrogens with zero attached hydrogens (tertiary/aromatic N) is 7. The SMILES string of the molecule is O=c1nc(SCc2ccc(F)cc2)n(Cc2nnc(/C=N/N3CCCCC3)n2Cc2ccc(-c3ccc(CF)cc3)cc2)c2c1CCC2. The number of benzene rings is 3. The van der Waals surface area contributed by atoms with Gasteiger partial charge in [0.1, 0.15) is 12.5 Å². The summed E-state index contributed by atoms with van der Waals surface area (Å²) in [6, 6.07) is 22.3. The highest BCUT2D eigenvalue weighted by atomic mass is 32.2. The van der Waals surface area contributed by atoms with Gasteiger partial charge < -0.3 is 9.13 Å². The molecule has 3 heterocycles. The van der Waals surface area contributed by atoms with E-state index in [-0.39, 0.29) is 11.4 Å². The monoisotopic (exact) mass is 665 g/mol. The summed E-state index contributed by atoms with van der Waals surface area (Å²) in [6.07, 6.45) is 7.70. The first-order valence-corrected chi connectivity index (χ1v) is 17.5. The van der Waals surface area contributed by atoms with E-state index >= 15 is 0 Å². The molecular formula is C37H37F2N7OS. The second kappa shape index (κ2) is 14.6. The first kappa shape index (κ1) is 31.9. The number of hydrazone groups is 1. The van der Waals surface area contributed by atoms with E-state index < -0.39 is 6.67 Å². The minimum absolute atomic E-state index is 0.171. The molecule has 0 bridgehead atoms. The van der Waals surface area contributed by atoms with Gasteiger partial charge in [0.2, 0.25) is 0 Å². The number of piperidine rings is 1. The first-order valence-electron chi connectivity index (χ1n) is 16.5. The Morgan fingerprint density at radius 3 is 2.17 bits per heavy atom. The van der Waals surface area contributed by atoms with Crippen molar-refractivity contribution in [3.05, 3.63) is 129 Å². The lowest BCUT2D eigenvalue weighted by Crippen LogP contribution is -2.25. The number of fused-ring (bicyclic) bond motifs is 1. The van der Waals surface area contributed by atoms with Crippen LogP contribution in [0, 0.1) is 5.82 Å². The summed E-state index contributed by atoms with van der Waals surface area (Å²) in [6.45, 7) is 2.30. The van der Waals surface area contributed by atoms with Gasteiger partial charge in [0.25, 0.3) is 5.56 Å². The molecule has 1 fully saturated rings. The third kappa shape index (κ3) is 7.26. The molecule has 5 aromatic rings. The molecule has 7 rings (SSSR count). The molecule has 3 aromatic carbocycles. The predicted molar refractivity (Wildman–Crippen MR) is 184 cm³/mol. The molecule has 0 radical (unpaired) electrons. The van der Waals surface area contributed by atoms with Gasteiger partial charge in [0.15, 0.2) is 16.8 Å². The van der Waals surface area contributed by atoms with Crippen LogP contribution in [0.25, 0.3) is 11.1 Å². The molecule has 0 N–H and O–H groups in total. The molecule has 2 aliphatic rings. The van der Waals surface area contributed by atoms with Crippen molar-refractivity contribution in [1.29, 1.82) is 0 Å². The van der Waals surface area contributed by atoms with Crippen molar-refractivity contribution in [2.24, 2.45) is 5.10 Å². The van der Waals surface area contributed by atoms with E-state index in [2.05, 4.69) is 53.6 Å². The maximum absolute atomic E-state index is 13.5. The number of alkyl halides is 1. The molecule has 0 saturated carbocycles. The summed E-state index contributed by atoms with van der Waals surface area (Å²) in [5, 5.41) is 16.7. The summed E-state index contributed by atoms with van der Waals surface area (Å²) in [5.74, 6) is 1.67. The molecule has 1 aliphatic heterocycles. The lowest BCUT2D eigenvalue weighted by molar-refractivity contribution is 0.240. The Bertz CT molecular complexity index is 1950. The summed E-state index contributed by atoms with van der Waals surface area (Å²) < 4.78 is 30.8. The van der Waals surface area contributed by atoms with Crippen LogP contribution >= 0.6 is 11.8 Å². The standard InChI is InChI=1S/C37H37F2N7OS/c38-21-26-7-13-29(14-8-26)30-15-9-27(10-16-30)23-46-34(22-40-44-19-2-1-3-20-44)42-43-35(46)24-45-33-6-4-5-32(33)36(47)41-37(45)48-25-28-11-17-31(39)18-12-28/h7-18,22H,1-6,19-21,23-25H2/b40-22+. The van der Waals surface area contributed by atoms with Gasteiger partial charge in [-0.2, -0.15) is 10.1 Å². The van der Waals surface area contributed by atoms with E-state index in [1.54, 1.807) is 18.3 Å². The van der Waals surface area contributed by atoms with Gasteiger partial charge >= 0.3 is 0 Å². The van der Waals surface area contributed by atoms with Crippen molar-refractivity contribution in [2.45, 2.75) is 69.2 Å². The number of thioether (sulfide) groups is 1. The lowest BCUT2D eigenvalue weighted by atomic mass is 10.0. The van der Waals surface area contributed by atoms with Crippen LogP contribution in [0.2, 0.25) is 0 Å². The van der Waals surface area contributed by atoms with Crippen LogP contribution < -0.4 is 5.56 Å². The highest BCUT2D eigenvalue weighted by molar-refractivity contribution is 7.98. The summed E-state index contributed by atoms with van der Waals surface area (Å²) in [5.41, 5.74) is 6.37. The third-order valence-electron chi connectivity index (χ3n) is 9.04. The molecule has 1 saturated heterocycles. The Balaban J connectivity index is 1.21. The van der Waals surface area contributed by atoms with E-state index in [0.717, 1.165) is 78.1 Å². The van der Waals surface area contributed by atoms with E-state index in [4.69, 9.17) is 5.10 Å². The average Bonchev–Trinajstić information content (AvgIpc) is 3.77. The number of rotatable bonds is 11. The normalized spacial score (nSPS) is 14.6. The van der Waals surface area contributed by atoms with Crippen molar-refractivity contribution < 1.29 is 8.78 Å². The zero-order valence-electron chi connectivity index (χ0n) is 26.7. The van der Waals surface area contributed by atoms with Crippen molar-refractivity contribution >= 4 is 18.0 Å². The van der Waals surface area contributed by atoms with Gasteiger partial charge in [0.05, 0.1) is 19.3 Å². The van der Waals surface area contributed by atoms with Crippen LogP contribution in [0.3, 0.4) is 0 Å². The van der Waals surface area contributed by atoms with Gasteiger partial charge in [-0.05, 0) is 78.5 Å². The summed E-state index contributed by atoms with van der Waals surface area (Å²) in [4.78, 5) is 17.6. The fourth-order valence-corrected chi connectivity index (χ4v) is 7.33. The Morgan fingerprint density at radius 1 is 0.771 bits per heavy atom. The first-order chi connectivity index (χ1) is 23.5. The number of halogens is 2. The highest BCUT2D eigenvalue weighted by Crippen LogP contribution is 2.28. The number of hydrogen-bond acceptors (Lipinski definition) is 7. The Morgan fingerprint density at radius 2 is 1.46 bits per heavy atom.